The second-order valence-electron chi connectivity index (χ2n) is 6.52. The van der Waals surface area contributed by atoms with Crippen molar-refractivity contribution in [1.82, 2.24) is 15.5 Å². The number of methoxy groups -OCH3 is 1. The van der Waals surface area contributed by atoms with Gasteiger partial charge in [-0.05, 0) is 57.7 Å². The van der Waals surface area contributed by atoms with Crippen molar-refractivity contribution in [2.24, 2.45) is 4.99 Å². The second-order valence-corrected chi connectivity index (χ2v) is 6.52. The zero-order valence-corrected chi connectivity index (χ0v) is 19.6. The standard InChI is InChI=1S/C20H36N4O2.HI/c1-21-20(22-14-8-6-5-7-9-16-24(2)3)23-15-17-26-19-12-10-18(25-4)11-13-19;/h10-13H,5-9,14-17H2,1-4H3,(H2,21,22,23);1H. The predicted octanol–water partition coefficient (Wildman–Crippen LogP) is 3.37. The van der Waals surface area contributed by atoms with Crippen LogP contribution in [-0.4, -0.2) is 65.4 Å². The highest BCUT2D eigenvalue weighted by atomic mass is 127. The average Bonchev–Trinajstić information content (AvgIpc) is 2.65. The smallest absolute Gasteiger partial charge is 0.191 e. The summed E-state index contributed by atoms with van der Waals surface area (Å²) in [5.41, 5.74) is 0. The molecule has 2 N–H and O–H groups in total. The molecule has 0 saturated heterocycles. The monoisotopic (exact) mass is 492 g/mol. The first-order chi connectivity index (χ1) is 12.7. The van der Waals surface area contributed by atoms with E-state index in [1.54, 1.807) is 14.2 Å². The molecule has 0 unspecified atom stereocenters. The molecule has 27 heavy (non-hydrogen) atoms. The Balaban J connectivity index is 0.00000676. The quantitative estimate of drug-likeness (QED) is 0.192. The van der Waals surface area contributed by atoms with Crippen molar-refractivity contribution in [1.29, 1.82) is 0 Å². The summed E-state index contributed by atoms with van der Waals surface area (Å²) < 4.78 is 10.8. The number of rotatable bonds is 13. The van der Waals surface area contributed by atoms with Gasteiger partial charge in [0.15, 0.2) is 5.96 Å². The maximum absolute atomic E-state index is 5.69. The lowest BCUT2D eigenvalue weighted by atomic mass is 10.1. The first kappa shape index (κ1) is 25.8. The molecule has 0 aliphatic heterocycles. The molecule has 0 bridgehead atoms. The third-order valence-electron chi connectivity index (χ3n) is 4.02. The fraction of sp³-hybridized carbons (Fsp3) is 0.650. The van der Waals surface area contributed by atoms with Gasteiger partial charge in [0.1, 0.15) is 18.1 Å². The maximum atomic E-state index is 5.69. The molecule has 7 heteroatoms. The normalized spacial score (nSPS) is 11.1. The van der Waals surface area contributed by atoms with Crippen molar-refractivity contribution in [3.63, 3.8) is 0 Å². The highest BCUT2D eigenvalue weighted by Gasteiger charge is 1.99. The number of unbranched alkanes of at least 4 members (excludes halogenated alkanes) is 4. The number of benzene rings is 1. The van der Waals surface area contributed by atoms with Crippen molar-refractivity contribution in [3.05, 3.63) is 24.3 Å². The molecule has 0 spiro atoms. The second kappa shape index (κ2) is 16.9. The van der Waals surface area contributed by atoms with Gasteiger partial charge in [-0.2, -0.15) is 0 Å². The Hall–Kier alpha value is -1.22. The van der Waals surface area contributed by atoms with Gasteiger partial charge in [-0.1, -0.05) is 19.3 Å². The number of ether oxygens (including phenoxy) is 2. The number of nitrogens with zero attached hydrogens (tertiary/aromatic N) is 2. The van der Waals surface area contributed by atoms with Crippen molar-refractivity contribution in [3.8, 4) is 11.5 Å². The Bertz CT molecular complexity index is 495. The molecule has 156 valence electrons. The van der Waals surface area contributed by atoms with E-state index in [2.05, 4.69) is 34.6 Å². The number of halogens is 1. The number of aliphatic imine (C=N–C) groups is 1. The van der Waals surface area contributed by atoms with Crippen LogP contribution in [0.5, 0.6) is 11.5 Å². The first-order valence-corrected chi connectivity index (χ1v) is 9.52. The van der Waals surface area contributed by atoms with E-state index in [1.165, 1.54) is 38.6 Å². The number of hydrogen-bond donors (Lipinski definition) is 2. The largest absolute Gasteiger partial charge is 0.497 e. The molecule has 6 nitrogen and oxygen atoms in total. The van der Waals surface area contributed by atoms with E-state index in [4.69, 9.17) is 9.47 Å². The van der Waals surface area contributed by atoms with Crippen molar-refractivity contribution in [2.45, 2.75) is 32.1 Å². The maximum Gasteiger partial charge on any atom is 0.191 e. The Morgan fingerprint density at radius 3 is 2.15 bits per heavy atom. The fourth-order valence-corrected chi connectivity index (χ4v) is 2.52. The molecule has 0 aliphatic rings. The lowest BCUT2D eigenvalue weighted by Gasteiger charge is -2.13. The summed E-state index contributed by atoms with van der Waals surface area (Å²) in [7, 11) is 7.71. The van der Waals surface area contributed by atoms with E-state index < -0.39 is 0 Å². The van der Waals surface area contributed by atoms with Crippen LogP contribution in [0.1, 0.15) is 32.1 Å². The van der Waals surface area contributed by atoms with Crippen LogP contribution in [-0.2, 0) is 0 Å². The summed E-state index contributed by atoms with van der Waals surface area (Å²) in [6, 6.07) is 7.60. The van der Waals surface area contributed by atoms with E-state index in [9.17, 15) is 0 Å². The molecular weight excluding hydrogens is 455 g/mol. The van der Waals surface area contributed by atoms with Crippen LogP contribution in [0.25, 0.3) is 0 Å². The van der Waals surface area contributed by atoms with Gasteiger partial charge in [-0.25, -0.2) is 0 Å². The average molecular weight is 492 g/mol. The minimum atomic E-state index is 0. The zero-order chi connectivity index (χ0) is 19.0. The van der Waals surface area contributed by atoms with Gasteiger partial charge in [0.05, 0.1) is 13.7 Å². The van der Waals surface area contributed by atoms with Crippen LogP contribution in [0.3, 0.4) is 0 Å². The minimum Gasteiger partial charge on any atom is -0.497 e. The van der Waals surface area contributed by atoms with Gasteiger partial charge < -0.3 is 25.0 Å². The highest BCUT2D eigenvalue weighted by Crippen LogP contribution is 2.16. The summed E-state index contributed by atoms with van der Waals surface area (Å²) in [5.74, 6) is 2.50. The number of nitrogens with one attached hydrogen (secondary N) is 2. The molecule has 0 aromatic heterocycles. The van der Waals surface area contributed by atoms with E-state index in [1.807, 2.05) is 24.3 Å². The first-order valence-electron chi connectivity index (χ1n) is 9.52. The van der Waals surface area contributed by atoms with Crippen LogP contribution in [0.2, 0.25) is 0 Å². The summed E-state index contributed by atoms with van der Waals surface area (Å²) in [5, 5.41) is 6.62. The van der Waals surface area contributed by atoms with E-state index in [0.717, 1.165) is 24.0 Å². The molecule has 0 saturated carbocycles. The van der Waals surface area contributed by atoms with Crippen LogP contribution >= 0.6 is 24.0 Å². The van der Waals surface area contributed by atoms with Crippen LogP contribution in [0.4, 0.5) is 0 Å². The SMILES string of the molecule is CN=C(NCCCCCCCN(C)C)NCCOc1ccc(OC)cc1.I. The molecule has 1 aromatic rings. The number of guanidine groups is 1. The van der Waals surface area contributed by atoms with Crippen LogP contribution in [0.15, 0.2) is 29.3 Å². The van der Waals surface area contributed by atoms with Crippen molar-refractivity contribution < 1.29 is 9.47 Å². The lowest BCUT2D eigenvalue weighted by molar-refractivity contribution is 0.321. The molecule has 0 aliphatic carbocycles. The summed E-state index contributed by atoms with van der Waals surface area (Å²) in [4.78, 5) is 6.48. The third-order valence-corrected chi connectivity index (χ3v) is 4.02. The lowest BCUT2D eigenvalue weighted by Crippen LogP contribution is -2.39. The topological polar surface area (TPSA) is 58.1 Å². The molecule has 1 rings (SSSR count). The summed E-state index contributed by atoms with van der Waals surface area (Å²) >= 11 is 0. The molecule has 0 fully saturated rings. The summed E-state index contributed by atoms with van der Waals surface area (Å²) in [6.45, 7) is 3.43. The molecule has 0 radical (unpaired) electrons. The molecule has 0 amide bonds. The van der Waals surface area contributed by atoms with E-state index >= 15 is 0 Å². The van der Waals surface area contributed by atoms with E-state index in [-0.39, 0.29) is 24.0 Å². The van der Waals surface area contributed by atoms with E-state index in [0.29, 0.717) is 13.2 Å². The van der Waals surface area contributed by atoms with Crippen LogP contribution < -0.4 is 20.1 Å². The van der Waals surface area contributed by atoms with Gasteiger partial charge >= 0.3 is 0 Å². The molecule has 1 aromatic carbocycles. The molecular formula is C20H37IN4O2. The Morgan fingerprint density at radius 1 is 0.926 bits per heavy atom. The van der Waals surface area contributed by atoms with Crippen molar-refractivity contribution >= 4 is 29.9 Å². The van der Waals surface area contributed by atoms with Crippen molar-refractivity contribution in [2.75, 3.05) is 54.5 Å². The Kier molecular flexibility index (Phi) is 16.2. The van der Waals surface area contributed by atoms with Gasteiger partial charge in [0, 0.05) is 13.6 Å². The number of hydrogen-bond acceptors (Lipinski definition) is 4. The van der Waals surface area contributed by atoms with Gasteiger partial charge in [0.25, 0.3) is 0 Å². The highest BCUT2D eigenvalue weighted by molar-refractivity contribution is 14.0. The Morgan fingerprint density at radius 2 is 1.52 bits per heavy atom. The molecule has 0 heterocycles. The fourth-order valence-electron chi connectivity index (χ4n) is 2.52. The zero-order valence-electron chi connectivity index (χ0n) is 17.3. The third kappa shape index (κ3) is 13.6. The molecule has 0 atom stereocenters. The summed E-state index contributed by atoms with van der Waals surface area (Å²) in [6.07, 6.45) is 6.34. The minimum absolute atomic E-state index is 0. The Labute approximate surface area is 182 Å². The van der Waals surface area contributed by atoms with Gasteiger partial charge in [-0.3, -0.25) is 4.99 Å². The van der Waals surface area contributed by atoms with Crippen LogP contribution in [0, 0.1) is 0 Å². The van der Waals surface area contributed by atoms with Gasteiger partial charge in [0.2, 0.25) is 0 Å². The predicted molar refractivity (Wildman–Crippen MR) is 125 cm³/mol. The van der Waals surface area contributed by atoms with Gasteiger partial charge in [-0.15, -0.1) is 24.0 Å².